The van der Waals surface area contributed by atoms with Crippen LogP contribution in [0.5, 0.6) is 0 Å². The molecule has 0 bridgehead atoms. The Bertz CT molecular complexity index is 834. The molecule has 0 N–H and O–H groups in total. The second kappa shape index (κ2) is 4.57. The molecule has 21 heavy (non-hydrogen) atoms. The first-order valence-corrected chi connectivity index (χ1v) is 8.20. The van der Waals surface area contributed by atoms with Crippen LogP contribution in [-0.2, 0) is 0 Å². The van der Waals surface area contributed by atoms with Gasteiger partial charge in [-0.2, -0.15) is 10.9 Å². The van der Waals surface area contributed by atoms with Crippen molar-refractivity contribution < 1.29 is 9.59 Å². The molecule has 0 saturated carbocycles. The number of ketones is 2. The molecule has 2 aromatic rings. The molecule has 4 rings (SSSR count). The van der Waals surface area contributed by atoms with Crippen LogP contribution < -0.4 is 0 Å². The summed E-state index contributed by atoms with van der Waals surface area (Å²) in [5, 5.41) is 4.20. The third kappa shape index (κ3) is 1.74. The van der Waals surface area contributed by atoms with E-state index in [4.69, 9.17) is 0 Å². The van der Waals surface area contributed by atoms with E-state index < -0.39 is 10.9 Å². The van der Waals surface area contributed by atoms with Gasteiger partial charge >= 0.3 is 0 Å². The van der Waals surface area contributed by atoms with Crippen LogP contribution in [0.1, 0.15) is 31.8 Å². The van der Waals surface area contributed by atoms with E-state index in [0.29, 0.717) is 22.3 Å². The number of hydrogen-bond acceptors (Lipinski definition) is 2. The average Bonchev–Trinajstić information content (AvgIpc) is 3.06. The molecule has 2 aliphatic rings. The third-order valence-electron chi connectivity index (χ3n) is 3.81. The van der Waals surface area contributed by atoms with E-state index in [0.717, 1.165) is 4.90 Å². The van der Waals surface area contributed by atoms with Gasteiger partial charge in [0.05, 0.1) is 0 Å². The minimum Gasteiger partial charge on any atom is -0.289 e. The predicted octanol–water partition coefficient (Wildman–Crippen LogP) is 3.86. The summed E-state index contributed by atoms with van der Waals surface area (Å²) in [4.78, 5) is 26.5. The average molecular weight is 292 g/mol. The lowest BCUT2D eigenvalue weighted by Crippen LogP contribution is -2.21. The lowest BCUT2D eigenvalue weighted by molar-refractivity contribution is 0.0977. The van der Waals surface area contributed by atoms with Crippen LogP contribution >= 0.6 is 10.9 Å². The summed E-state index contributed by atoms with van der Waals surface area (Å²) in [5.74, 6) is -0.0868. The number of allylic oxidation sites excluding steroid dienone is 2. The van der Waals surface area contributed by atoms with Crippen molar-refractivity contribution in [2.75, 3.05) is 0 Å². The van der Waals surface area contributed by atoms with Gasteiger partial charge in [-0.05, 0) is 16.9 Å². The van der Waals surface area contributed by atoms with Gasteiger partial charge in [0.1, 0.15) is 0 Å². The van der Waals surface area contributed by atoms with Gasteiger partial charge in [-0.3, -0.25) is 9.59 Å². The number of rotatable bonds is 1. The molecule has 0 spiro atoms. The molecule has 0 radical (unpaired) electrons. The fourth-order valence-corrected chi connectivity index (χ4v) is 4.57. The molecule has 1 aliphatic carbocycles. The minimum absolute atomic E-state index is 0.0352. The maximum absolute atomic E-state index is 12.8. The van der Waals surface area contributed by atoms with Crippen LogP contribution in [0.25, 0.3) is 0 Å². The highest BCUT2D eigenvalue weighted by atomic mass is 32.2. The maximum atomic E-state index is 12.8. The first-order valence-electron chi connectivity index (χ1n) is 6.72. The smallest absolute Gasteiger partial charge is 0.195 e. The molecular formula is C18H12O2S. The van der Waals surface area contributed by atoms with Crippen molar-refractivity contribution in [2.45, 2.75) is 4.90 Å². The van der Waals surface area contributed by atoms with Crippen molar-refractivity contribution in [1.29, 1.82) is 0 Å². The number of hydrogen-bond donors (Lipinski definition) is 1. The van der Waals surface area contributed by atoms with Crippen molar-refractivity contribution in [2.24, 2.45) is 0 Å². The summed E-state index contributed by atoms with van der Waals surface area (Å²) < 4.78 is 0. The number of carbonyl (C=O) groups is 2. The molecule has 102 valence electrons. The predicted molar refractivity (Wildman–Crippen MR) is 85.3 cm³/mol. The first kappa shape index (κ1) is 12.4. The molecule has 3 heteroatoms. The minimum atomic E-state index is -0.624. The van der Waals surface area contributed by atoms with Crippen molar-refractivity contribution >= 4 is 22.5 Å². The molecular weight excluding hydrogens is 280 g/mol. The van der Waals surface area contributed by atoms with Crippen molar-refractivity contribution in [3.63, 3.8) is 0 Å². The van der Waals surface area contributed by atoms with Crippen LogP contribution in [0.3, 0.4) is 0 Å². The maximum Gasteiger partial charge on any atom is 0.195 e. The number of carbonyl (C=O) groups excluding carboxylic acids is 2. The van der Waals surface area contributed by atoms with E-state index in [1.54, 1.807) is 30.3 Å². The van der Waals surface area contributed by atoms with Gasteiger partial charge in [0.2, 0.25) is 0 Å². The standard InChI is InChI=1S/C18H12O2S/c19-17-12-6-1-2-7-13(12)18(20)16-14(17)8-5-9-15(16)21-10-3-4-11-21/h1-11,21H. The molecule has 0 fully saturated rings. The van der Waals surface area contributed by atoms with E-state index in [2.05, 4.69) is 10.8 Å². The summed E-state index contributed by atoms with van der Waals surface area (Å²) in [5.41, 5.74) is 2.15. The van der Waals surface area contributed by atoms with Crippen molar-refractivity contribution in [1.82, 2.24) is 0 Å². The molecule has 1 aliphatic heterocycles. The highest BCUT2D eigenvalue weighted by Crippen LogP contribution is 2.46. The van der Waals surface area contributed by atoms with E-state index in [1.165, 1.54) is 0 Å². The Kier molecular flexibility index (Phi) is 2.69. The molecule has 0 atom stereocenters. The monoisotopic (exact) mass is 292 g/mol. The van der Waals surface area contributed by atoms with Crippen LogP contribution in [-0.4, -0.2) is 11.6 Å². The Morgan fingerprint density at radius 2 is 1.29 bits per heavy atom. The summed E-state index contributed by atoms with van der Waals surface area (Å²) >= 11 is 0. The quantitative estimate of drug-likeness (QED) is 0.691. The normalized spacial score (nSPS) is 17.0. The van der Waals surface area contributed by atoms with Crippen LogP contribution in [0, 0.1) is 0 Å². The summed E-state index contributed by atoms with van der Waals surface area (Å²) in [6.45, 7) is 0. The van der Waals surface area contributed by atoms with Crippen LogP contribution in [0.4, 0.5) is 0 Å². The van der Waals surface area contributed by atoms with Gasteiger partial charge in [0.15, 0.2) is 11.6 Å². The number of benzene rings is 2. The highest BCUT2D eigenvalue weighted by molar-refractivity contribution is 8.22. The SMILES string of the molecule is O=C1c2ccccc2C(=O)c2c1cccc2[SH]1C=CC=C1. The highest BCUT2D eigenvalue weighted by Gasteiger charge is 2.31. The topological polar surface area (TPSA) is 34.1 Å². The molecule has 0 aromatic heterocycles. The first-order chi connectivity index (χ1) is 10.3. The Morgan fingerprint density at radius 3 is 2.00 bits per heavy atom. The summed E-state index contributed by atoms with van der Waals surface area (Å²) in [7, 11) is -0.624. The lowest BCUT2D eigenvalue weighted by atomic mass is 9.84. The second-order valence-corrected chi connectivity index (χ2v) is 6.89. The summed E-state index contributed by atoms with van der Waals surface area (Å²) in [6, 6.07) is 12.7. The fraction of sp³-hybridized carbons (Fsp3) is 0. The lowest BCUT2D eigenvalue weighted by Gasteiger charge is -2.22. The van der Waals surface area contributed by atoms with Gasteiger partial charge in [-0.25, -0.2) is 0 Å². The largest absolute Gasteiger partial charge is 0.289 e. The van der Waals surface area contributed by atoms with E-state index in [1.807, 2.05) is 24.3 Å². The van der Waals surface area contributed by atoms with Gasteiger partial charge in [-0.1, -0.05) is 48.6 Å². The molecule has 0 saturated heterocycles. The van der Waals surface area contributed by atoms with Crippen molar-refractivity contribution in [3.05, 3.63) is 87.7 Å². The number of thiol groups is 1. The van der Waals surface area contributed by atoms with E-state index in [9.17, 15) is 9.59 Å². The molecule has 2 nitrogen and oxygen atoms in total. The van der Waals surface area contributed by atoms with Crippen molar-refractivity contribution in [3.8, 4) is 0 Å². The zero-order valence-electron chi connectivity index (χ0n) is 11.1. The molecule has 0 amide bonds. The third-order valence-corrected chi connectivity index (χ3v) is 5.73. The molecule has 0 unspecified atom stereocenters. The second-order valence-electron chi connectivity index (χ2n) is 4.99. The van der Waals surface area contributed by atoms with Gasteiger partial charge in [-0.15, -0.1) is 0 Å². The van der Waals surface area contributed by atoms with E-state index >= 15 is 0 Å². The molecule has 2 aromatic carbocycles. The van der Waals surface area contributed by atoms with Crippen LogP contribution in [0.2, 0.25) is 0 Å². The Hall–Kier alpha value is -2.39. The Labute approximate surface area is 125 Å². The fourth-order valence-electron chi connectivity index (χ4n) is 2.84. The summed E-state index contributed by atoms with van der Waals surface area (Å²) in [6.07, 6.45) is 3.99. The van der Waals surface area contributed by atoms with Gasteiger partial charge < -0.3 is 0 Å². The van der Waals surface area contributed by atoms with Crippen LogP contribution in [0.15, 0.2) is 70.3 Å². The van der Waals surface area contributed by atoms with Gasteiger partial charge in [0, 0.05) is 27.1 Å². The zero-order valence-corrected chi connectivity index (χ0v) is 12.0. The Balaban J connectivity index is 1.99. The zero-order chi connectivity index (χ0) is 14.4. The number of fused-ring (bicyclic) bond motifs is 2. The Morgan fingerprint density at radius 1 is 0.667 bits per heavy atom. The van der Waals surface area contributed by atoms with Gasteiger partial charge in [0.25, 0.3) is 0 Å². The van der Waals surface area contributed by atoms with E-state index in [-0.39, 0.29) is 11.6 Å². The molecule has 1 heterocycles.